The maximum Gasteiger partial charge on any atom is 0.255 e. The molecule has 4 heteroatoms. The number of para-hydroxylation sites is 1. The van der Waals surface area contributed by atoms with Crippen molar-refractivity contribution in [1.29, 1.82) is 0 Å². The van der Waals surface area contributed by atoms with Crippen molar-refractivity contribution >= 4 is 11.6 Å². The fraction of sp³-hybridized carbons (Fsp3) is 0.214. The third-order valence-corrected chi connectivity index (χ3v) is 3.20. The van der Waals surface area contributed by atoms with E-state index < -0.39 is 0 Å². The maximum atomic E-state index is 12.0. The summed E-state index contributed by atoms with van der Waals surface area (Å²) < 4.78 is 6.90. The Morgan fingerprint density at radius 1 is 1.22 bits per heavy atom. The zero-order valence-corrected chi connectivity index (χ0v) is 11.1. The number of pyridine rings is 1. The Morgan fingerprint density at radius 2 is 1.94 bits per heavy atom. The summed E-state index contributed by atoms with van der Waals surface area (Å²) in [7, 11) is 3.35. The van der Waals surface area contributed by atoms with Crippen molar-refractivity contribution < 1.29 is 4.74 Å². The standard InChI is InChI=1S/C14H14ClNO2/c1-16-12(8-7-10(9-15)14(16)17)11-5-3-4-6-13(11)18-2/h3-8H,9H2,1-2H3. The quantitative estimate of drug-likeness (QED) is 0.798. The Hall–Kier alpha value is -1.74. The van der Waals surface area contributed by atoms with Crippen molar-refractivity contribution in [3.63, 3.8) is 0 Å². The number of ether oxygens (including phenoxy) is 1. The van der Waals surface area contributed by atoms with Crippen LogP contribution in [-0.4, -0.2) is 11.7 Å². The molecule has 18 heavy (non-hydrogen) atoms. The molecule has 0 N–H and O–H groups in total. The minimum absolute atomic E-state index is 0.0755. The molecule has 2 rings (SSSR count). The van der Waals surface area contributed by atoms with Crippen LogP contribution in [0.5, 0.6) is 5.75 Å². The summed E-state index contributed by atoms with van der Waals surface area (Å²) in [6, 6.07) is 11.3. The van der Waals surface area contributed by atoms with E-state index in [-0.39, 0.29) is 11.4 Å². The zero-order chi connectivity index (χ0) is 13.1. The van der Waals surface area contributed by atoms with Crippen LogP contribution in [0.4, 0.5) is 0 Å². The molecule has 1 aromatic heterocycles. The maximum absolute atomic E-state index is 12.0. The van der Waals surface area contributed by atoms with Gasteiger partial charge in [-0.2, -0.15) is 0 Å². The first-order chi connectivity index (χ1) is 8.69. The van der Waals surface area contributed by atoms with Gasteiger partial charge in [0.25, 0.3) is 5.56 Å². The molecule has 0 aliphatic carbocycles. The van der Waals surface area contributed by atoms with Crippen molar-refractivity contribution in [2.24, 2.45) is 7.05 Å². The first kappa shape index (κ1) is 12.7. The van der Waals surface area contributed by atoms with Gasteiger partial charge in [0, 0.05) is 18.2 Å². The molecular formula is C14H14ClNO2. The summed E-state index contributed by atoms with van der Waals surface area (Å²) >= 11 is 5.72. The monoisotopic (exact) mass is 263 g/mol. The first-order valence-electron chi connectivity index (χ1n) is 5.57. The van der Waals surface area contributed by atoms with Crippen LogP contribution in [0.15, 0.2) is 41.2 Å². The van der Waals surface area contributed by atoms with E-state index in [1.165, 1.54) is 0 Å². The van der Waals surface area contributed by atoms with Gasteiger partial charge in [-0.3, -0.25) is 4.79 Å². The number of rotatable bonds is 3. The molecule has 0 aliphatic rings. The molecule has 0 amide bonds. The predicted molar refractivity (Wildman–Crippen MR) is 73.2 cm³/mol. The normalized spacial score (nSPS) is 10.4. The second-order valence-electron chi connectivity index (χ2n) is 3.94. The van der Waals surface area contributed by atoms with Gasteiger partial charge in [0.15, 0.2) is 0 Å². The number of hydrogen-bond donors (Lipinski definition) is 0. The van der Waals surface area contributed by atoms with Gasteiger partial charge in [0.1, 0.15) is 5.75 Å². The van der Waals surface area contributed by atoms with Crippen LogP contribution >= 0.6 is 11.6 Å². The smallest absolute Gasteiger partial charge is 0.255 e. The lowest BCUT2D eigenvalue weighted by atomic mass is 10.1. The Morgan fingerprint density at radius 3 is 2.61 bits per heavy atom. The van der Waals surface area contributed by atoms with Gasteiger partial charge < -0.3 is 9.30 Å². The average Bonchev–Trinajstić information content (AvgIpc) is 2.42. The number of alkyl halides is 1. The summed E-state index contributed by atoms with van der Waals surface area (Å²) in [6.45, 7) is 0. The van der Waals surface area contributed by atoms with Crippen LogP contribution in [-0.2, 0) is 12.9 Å². The molecule has 0 fully saturated rings. The van der Waals surface area contributed by atoms with Gasteiger partial charge in [-0.25, -0.2) is 0 Å². The second kappa shape index (κ2) is 5.27. The van der Waals surface area contributed by atoms with E-state index in [2.05, 4.69) is 0 Å². The van der Waals surface area contributed by atoms with Crippen LogP contribution < -0.4 is 10.3 Å². The Balaban J connectivity index is 2.65. The lowest BCUT2D eigenvalue weighted by Crippen LogP contribution is -2.21. The number of nitrogens with zero attached hydrogens (tertiary/aromatic N) is 1. The van der Waals surface area contributed by atoms with Gasteiger partial charge in [0.05, 0.1) is 18.7 Å². The van der Waals surface area contributed by atoms with Crippen molar-refractivity contribution in [2.45, 2.75) is 5.88 Å². The average molecular weight is 264 g/mol. The van der Waals surface area contributed by atoms with Gasteiger partial charge in [0.2, 0.25) is 0 Å². The van der Waals surface area contributed by atoms with Crippen molar-refractivity contribution in [3.05, 3.63) is 52.3 Å². The van der Waals surface area contributed by atoms with E-state index in [1.54, 1.807) is 24.8 Å². The van der Waals surface area contributed by atoms with Crippen molar-refractivity contribution in [2.75, 3.05) is 7.11 Å². The molecule has 1 heterocycles. The molecule has 94 valence electrons. The number of hydrogen-bond acceptors (Lipinski definition) is 2. The minimum Gasteiger partial charge on any atom is -0.496 e. The molecule has 0 spiro atoms. The van der Waals surface area contributed by atoms with Crippen LogP contribution in [0, 0.1) is 0 Å². The topological polar surface area (TPSA) is 31.2 Å². The molecule has 0 unspecified atom stereocenters. The van der Waals surface area contributed by atoms with Crippen molar-refractivity contribution in [1.82, 2.24) is 4.57 Å². The Labute approximate surface area is 111 Å². The van der Waals surface area contributed by atoms with E-state index in [0.717, 1.165) is 17.0 Å². The van der Waals surface area contributed by atoms with E-state index in [0.29, 0.717) is 5.56 Å². The van der Waals surface area contributed by atoms with Crippen LogP contribution in [0.3, 0.4) is 0 Å². The SMILES string of the molecule is COc1ccccc1-c1ccc(CCl)c(=O)n1C. The minimum atomic E-state index is -0.0755. The third kappa shape index (κ3) is 2.14. The van der Waals surface area contributed by atoms with E-state index in [4.69, 9.17) is 16.3 Å². The van der Waals surface area contributed by atoms with E-state index >= 15 is 0 Å². The van der Waals surface area contributed by atoms with Gasteiger partial charge in [-0.1, -0.05) is 18.2 Å². The molecule has 1 aromatic carbocycles. The molecule has 0 radical (unpaired) electrons. The Bertz CT molecular complexity index is 619. The predicted octanol–water partition coefficient (Wildman–Crippen LogP) is 2.80. The molecule has 3 nitrogen and oxygen atoms in total. The molecule has 0 bridgehead atoms. The summed E-state index contributed by atoms with van der Waals surface area (Å²) in [5.41, 5.74) is 2.22. The summed E-state index contributed by atoms with van der Waals surface area (Å²) in [5.74, 6) is 0.963. The molecule has 0 aliphatic heterocycles. The number of aromatic nitrogens is 1. The summed E-state index contributed by atoms with van der Waals surface area (Å²) in [6.07, 6.45) is 0. The molecule has 2 aromatic rings. The largest absolute Gasteiger partial charge is 0.496 e. The molecule has 0 atom stereocenters. The lowest BCUT2D eigenvalue weighted by molar-refractivity contribution is 0.416. The second-order valence-corrected chi connectivity index (χ2v) is 4.21. The number of benzene rings is 1. The van der Waals surface area contributed by atoms with Crippen LogP contribution in [0.2, 0.25) is 0 Å². The molecular weight excluding hydrogens is 250 g/mol. The Kier molecular flexibility index (Phi) is 3.72. The number of methoxy groups -OCH3 is 1. The fourth-order valence-electron chi connectivity index (χ4n) is 1.92. The summed E-state index contributed by atoms with van der Waals surface area (Å²) in [4.78, 5) is 12.0. The summed E-state index contributed by atoms with van der Waals surface area (Å²) in [5, 5.41) is 0. The van der Waals surface area contributed by atoms with E-state index in [1.807, 2.05) is 30.3 Å². The van der Waals surface area contributed by atoms with Crippen LogP contribution in [0.1, 0.15) is 5.56 Å². The highest BCUT2D eigenvalue weighted by molar-refractivity contribution is 6.17. The van der Waals surface area contributed by atoms with E-state index in [9.17, 15) is 4.79 Å². The van der Waals surface area contributed by atoms with Gasteiger partial charge in [-0.05, 0) is 18.2 Å². The highest BCUT2D eigenvalue weighted by Gasteiger charge is 2.10. The van der Waals surface area contributed by atoms with Crippen LogP contribution in [0.25, 0.3) is 11.3 Å². The van der Waals surface area contributed by atoms with Crippen molar-refractivity contribution in [3.8, 4) is 17.0 Å². The lowest BCUT2D eigenvalue weighted by Gasteiger charge is -2.12. The highest BCUT2D eigenvalue weighted by Crippen LogP contribution is 2.28. The van der Waals surface area contributed by atoms with Gasteiger partial charge >= 0.3 is 0 Å². The zero-order valence-electron chi connectivity index (χ0n) is 10.3. The number of halogens is 1. The fourth-order valence-corrected chi connectivity index (χ4v) is 2.12. The molecule has 0 saturated heterocycles. The van der Waals surface area contributed by atoms with Gasteiger partial charge in [-0.15, -0.1) is 11.6 Å². The molecule has 0 saturated carbocycles. The third-order valence-electron chi connectivity index (χ3n) is 2.91. The highest BCUT2D eigenvalue weighted by atomic mass is 35.5. The first-order valence-corrected chi connectivity index (χ1v) is 6.10.